The highest BCUT2D eigenvalue weighted by atomic mass is 16.5. The van der Waals surface area contributed by atoms with Crippen LogP contribution in [0.4, 0.5) is 11.5 Å². The summed E-state index contributed by atoms with van der Waals surface area (Å²) in [5.41, 5.74) is 4.09. The third kappa shape index (κ3) is 5.69. The van der Waals surface area contributed by atoms with Crippen molar-refractivity contribution < 1.29 is 14.6 Å². The Bertz CT molecular complexity index is 1140. The maximum Gasteiger partial charge on any atom is 0.177 e. The number of anilines is 2. The summed E-state index contributed by atoms with van der Waals surface area (Å²) in [4.78, 5) is 17.2. The largest absolute Gasteiger partial charge is 0.389 e. The van der Waals surface area contributed by atoms with Crippen LogP contribution >= 0.6 is 0 Å². The Kier molecular flexibility index (Phi) is 6.67. The van der Waals surface area contributed by atoms with E-state index in [0.717, 1.165) is 28.1 Å². The number of aromatic nitrogens is 3. The van der Waals surface area contributed by atoms with Gasteiger partial charge >= 0.3 is 0 Å². The second-order valence-electron chi connectivity index (χ2n) is 9.51. The first kappa shape index (κ1) is 23.2. The van der Waals surface area contributed by atoms with Crippen LogP contribution in [0.15, 0.2) is 30.5 Å². The molecular weight excluding hydrogens is 418 g/mol. The Balaban J connectivity index is 1.69. The number of benzene rings is 1. The molecule has 0 spiro atoms. The minimum Gasteiger partial charge on any atom is -0.389 e. The second kappa shape index (κ2) is 9.49. The molecule has 0 amide bonds. The fourth-order valence-electron chi connectivity index (χ4n) is 3.80. The predicted octanol–water partition coefficient (Wildman–Crippen LogP) is 3.93. The Morgan fingerprint density at radius 2 is 2.06 bits per heavy atom. The number of nitrogens with one attached hydrogen (secondary N) is 2. The van der Waals surface area contributed by atoms with Gasteiger partial charge < -0.3 is 20.5 Å². The molecule has 1 aliphatic rings. The molecule has 176 valence electrons. The highest BCUT2D eigenvalue weighted by molar-refractivity contribution is 5.98. The van der Waals surface area contributed by atoms with Crippen molar-refractivity contribution >= 4 is 22.9 Å². The average Bonchev–Trinajstić information content (AvgIpc) is 3.47. The molecule has 1 aromatic carbocycles. The maximum atomic E-state index is 12.6. The number of rotatable bonds is 11. The summed E-state index contributed by atoms with van der Waals surface area (Å²) in [5.74, 6) is 1.46. The van der Waals surface area contributed by atoms with Crippen LogP contribution in [0.25, 0.3) is 16.9 Å². The van der Waals surface area contributed by atoms with E-state index in [9.17, 15) is 9.90 Å². The van der Waals surface area contributed by atoms with Crippen molar-refractivity contribution in [3.8, 4) is 11.3 Å². The first-order valence-corrected chi connectivity index (χ1v) is 11.5. The van der Waals surface area contributed by atoms with Gasteiger partial charge in [-0.3, -0.25) is 4.79 Å². The molecule has 0 aliphatic heterocycles. The number of ketones is 1. The van der Waals surface area contributed by atoms with Crippen LogP contribution < -0.4 is 10.6 Å². The van der Waals surface area contributed by atoms with Crippen molar-refractivity contribution in [3.63, 3.8) is 0 Å². The summed E-state index contributed by atoms with van der Waals surface area (Å²) >= 11 is 0. The number of ether oxygens (including phenoxy) is 1. The Morgan fingerprint density at radius 3 is 2.73 bits per heavy atom. The van der Waals surface area contributed by atoms with Crippen molar-refractivity contribution in [3.05, 3.63) is 41.6 Å². The van der Waals surface area contributed by atoms with E-state index >= 15 is 0 Å². The smallest absolute Gasteiger partial charge is 0.177 e. The van der Waals surface area contributed by atoms with Gasteiger partial charge in [-0.2, -0.15) is 0 Å². The van der Waals surface area contributed by atoms with Crippen molar-refractivity contribution in [1.82, 2.24) is 14.6 Å². The Hall–Kier alpha value is -2.97. The number of Topliss-reactive ketones (excluding diaryl/α,β-unsaturated/α-hetero) is 1. The number of nitrogens with zero attached hydrogens (tertiary/aromatic N) is 3. The first-order chi connectivity index (χ1) is 15.7. The lowest BCUT2D eigenvalue weighted by molar-refractivity contribution is 0.0944. The van der Waals surface area contributed by atoms with Crippen molar-refractivity contribution in [2.75, 3.05) is 37.4 Å². The van der Waals surface area contributed by atoms with E-state index < -0.39 is 5.60 Å². The molecule has 4 rings (SSSR count). The quantitative estimate of drug-likeness (QED) is 0.300. The zero-order valence-electron chi connectivity index (χ0n) is 19.8. The fourth-order valence-corrected chi connectivity index (χ4v) is 3.80. The SMILES string of the molecule is COCCNc1cc(NCC(C)(C)O)c2ncc(-c3ccc(C(=O)CC4CC4)c(C)c3)n2n1. The van der Waals surface area contributed by atoms with Crippen LogP contribution in [0.2, 0.25) is 0 Å². The number of imidazole rings is 1. The molecule has 2 heterocycles. The maximum absolute atomic E-state index is 12.6. The topological polar surface area (TPSA) is 101 Å². The first-order valence-electron chi connectivity index (χ1n) is 11.5. The van der Waals surface area contributed by atoms with E-state index in [0.29, 0.717) is 43.5 Å². The van der Waals surface area contributed by atoms with Crippen LogP contribution in [0.1, 0.15) is 49.0 Å². The van der Waals surface area contributed by atoms with Gasteiger partial charge in [-0.05, 0) is 51.2 Å². The van der Waals surface area contributed by atoms with Crippen LogP contribution in [-0.4, -0.2) is 57.9 Å². The van der Waals surface area contributed by atoms with Crippen LogP contribution in [-0.2, 0) is 4.74 Å². The summed E-state index contributed by atoms with van der Waals surface area (Å²) in [6.07, 6.45) is 4.77. The molecule has 1 fully saturated rings. The van der Waals surface area contributed by atoms with Gasteiger partial charge in [-0.15, -0.1) is 5.10 Å². The molecule has 3 N–H and O–H groups in total. The van der Waals surface area contributed by atoms with Gasteiger partial charge in [-0.25, -0.2) is 9.50 Å². The number of methoxy groups -OCH3 is 1. The number of aliphatic hydroxyl groups is 1. The molecule has 0 saturated heterocycles. The van der Waals surface area contributed by atoms with E-state index in [1.54, 1.807) is 31.7 Å². The van der Waals surface area contributed by atoms with Gasteiger partial charge in [0, 0.05) is 43.8 Å². The predicted molar refractivity (Wildman–Crippen MR) is 130 cm³/mol. The number of hydrogen-bond donors (Lipinski definition) is 3. The molecule has 33 heavy (non-hydrogen) atoms. The third-order valence-electron chi connectivity index (χ3n) is 5.78. The zero-order valence-corrected chi connectivity index (χ0v) is 19.8. The molecule has 8 nitrogen and oxygen atoms in total. The van der Waals surface area contributed by atoms with Crippen LogP contribution in [0.3, 0.4) is 0 Å². The minimum absolute atomic E-state index is 0.223. The van der Waals surface area contributed by atoms with Crippen molar-refractivity contribution in [2.24, 2.45) is 5.92 Å². The summed E-state index contributed by atoms with van der Waals surface area (Å²) in [6, 6.07) is 7.80. The monoisotopic (exact) mass is 451 g/mol. The molecule has 0 radical (unpaired) electrons. The lowest BCUT2D eigenvalue weighted by Gasteiger charge is -2.19. The number of aryl methyl sites for hydroxylation is 1. The van der Waals surface area contributed by atoms with E-state index in [2.05, 4.69) is 15.6 Å². The summed E-state index contributed by atoms with van der Waals surface area (Å²) in [7, 11) is 1.66. The highest BCUT2D eigenvalue weighted by Gasteiger charge is 2.25. The normalized spacial score (nSPS) is 14.0. The lowest BCUT2D eigenvalue weighted by atomic mass is 9.98. The molecule has 1 aliphatic carbocycles. The second-order valence-corrected chi connectivity index (χ2v) is 9.51. The van der Waals surface area contributed by atoms with E-state index in [4.69, 9.17) is 9.84 Å². The average molecular weight is 452 g/mol. The van der Waals surface area contributed by atoms with E-state index in [1.165, 1.54) is 12.8 Å². The third-order valence-corrected chi connectivity index (χ3v) is 5.78. The van der Waals surface area contributed by atoms with Gasteiger partial charge in [0.15, 0.2) is 11.4 Å². The number of carbonyl (C=O) groups is 1. The molecule has 0 bridgehead atoms. The highest BCUT2D eigenvalue weighted by Crippen LogP contribution is 2.34. The minimum atomic E-state index is -0.876. The fraction of sp³-hybridized carbons (Fsp3) is 0.480. The Morgan fingerprint density at radius 1 is 1.27 bits per heavy atom. The molecule has 1 saturated carbocycles. The molecule has 3 aromatic rings. The van der Waals surface area contributed by atoms with Gasteiger partial charge in [0.25, 0.3) is 0 Å². The molecular formula is C25H33N5O3. The van der Waals surface area contributed by atoms with Crippen molar-refractivity contribution in [2.45, 2.75) is 45.6 Å². The van der Waals surface area contributed by atoms with Crippen LogP contribution in [0.5, 0.6) is 0 Å². The summed E-state index contributed by atoms with van der Waals surface area (Å²) < 4.78 is 6.93. The van der Waals surface area contributed by atoms with Gasteiger partial charge in [-0.1, -0.05) is 12.1 Å². The van der Waals surface area contributed by atoms with E-state index in [1.807, 2.05) is 31.2 Å². The molecule has 2 aromatic heterocycles. The van der Waals surface area contributed by atoms with E-state index in [-0.39, 0.29) is 5.78 Å². The van der Waals surface area contributed by atoms with Crippen LogP contribution in [0, 0.1) is 12.8 Å². The number of hydrogen-bond acceptors (Lipinski definition) is 7. The molecule has 8 heteroatoms. The number of fused-ring (bicyclic) bond motifs is 1. The van der Waals surface area contributed by atoms with Gasteiger partial charge in [0.2, 0.25) is 0 Å². The van der Waals surface area contributed by atoms with Gasteiger partial charge in [0.05, 0.1) is 29.8 Å². The summed E-state index contributed by atoms with van der Waals surface area (Å²) in [5, 5.41) is 21.5. The Labute approximate surface area is 194 Å². The lowest BCUT2D eigenvalue weighted by Crippen LogP contribution is -2.29. The number of carbonyl (C=O) groups excluding carboxylic acids is 1. The standard InChI is InChI=1S/C25H33N5O3/c1-16-11-18(7-8-19(16)22(31)12-17-5-6-17)21-14-27-24-20(28-15-25(2,3)32)13-23(29-30(21)24)26-9-10-33-4/h7-8,11,13-14,17,28,32H,5-6,9-10,12,15H2,1-4H3,(H,26,29). The molecule has 0 atom stereocenters. The zero-order chi connectivity index (χ0) is 23.6. The van der Waals surface area contributed by atoms with Gasteiger partial charge in [0.1, 0.15) is 5.82 Å². The summed E-state index contributed by atoms with van der Waals surface area (Å²) in [6.45, 7) is 7.01. The van der Waals surface area contributed by atoms with Crippen molar-refractivity contribution in [1.29, 1.82) is 0 Å². The molecule has 0 unspecified atom stereocenters.